The summed E-state index contributed by atoms with van der Waals surface area (Å²) in [5.41, 5.74) is 12.0. The number of nitrogens with two attached hydrogens (primary N) is 2. The lowest BCUT2D eigenvalue weighted by molar-refractivity contribution is 0.1000. The molecular formula is C14H12ClFN2OS. The topological polar surface area (TPSA) is 69.1 Å². The molecule has 0 radical (unpaired) electrons. The number of nitrogen functional groups attached to an aromatic ring is 1. The van der Waals surface area contributed by atoms with Gasteiger partial charge < -0.3 is 11.5 Å². The Bertz CT molecular complexity index is 664. The molecule has 2 rings (SSSR count). The first-order valence-electron chi connectivity index (χ1n) is 5.73. The van der Waals surface area contributed by atoms with Crippen molar-refractivity contribution in [1.82, 2.24) is 0 Å². The van der Waals surface area contributed by atoms with Crippen molar-refractivity contribution < 1.29 is 9.18 Å². The molecule has 0 aliphatic carbocycles. The summed E-state index contributed by atoms with van der Waals surface area (Å²) < 4.78 is 13.7. The SMILES string of the molecule is NC(=O)c1ccc(F)c(CSc2ccc(N)c(Cl)c2)c1. The van der Waals surface area contributed by atoms with Gasteiger partial charge in [-0.1, -0.05) is 11.6 Å². The van der Waals surface area contributed by atoms with Gasteiger partial charge in [0, 0.05) is 16.2 Å². The summed E-state index contributed by atoms with van der Waals surface area (Å²) in [5, 5.41) is 0.460. The normalized spacial score (nSPS) is 10.5. The van der Waals surface area contributed by atoms with E-state index in [9.17, 15) is 9.18 Å². The van der Waals surface area contributed by atoms with Crippen LogP contribution < -0.4 is 11.5 Å². The number of halogens is 2. The number of thioether (sulfide) groups is 1. The van der Waals surface area contributed by atoms with Crippen LogP contribution in [0.15, 0.2) is 41.3 Å². The minimum atomic E-state index is -0.577. The Balaban J connectivity index is 2.15. The summed E-state index contributed by atoms with van der Waals surface area (Å²) in [6.07, 6.45) is 0. The van der Waals surface area contributed by atoms with E-state index in [0.29, 0.717) is 22.0 Å². The number of hydrogen-bond donors (Lipinski definition) is 2. The highest BCUT2D eigenvalue weighted by atomic mass is 35.5. The van der Waals surface area contributed by atoms with Crippen molar-refractivity contribution in [2.75, 3.05) is 5.73 Å². The van der Waals surface area contributed by atoms with Crippen LogP contribution in [0.4, 0.5) is 10.1 Å². The fraction of sp³-hybridized carbons (Fsp3) is 0.0714. The van der Waals surface area contributed by atoms with Crippen LogP contribution in [0, 0.1) is 5.82 Å². The molecule has 1 amide bonds. The second-order valence-corrected chi connectivity index (χ2v) is 5.60. The van der Waals surface area contributed by atoms with E-state index in [1.54, 1.807) is 12.1 Å². The fourth-order valence-corrected chi connectivity index (χ4v) is 2.75. The Morgan fingerprint density at radius 1 is 1.25 bits per heavy atom. The Morgan fingerprint density at radius 2 is 2.00 bits per heavy atom. The molecule has 0 atom stereocenters. The zero-order chi connectivity index (χ0) is 14.7. The summed E-state index contributed by atoms with van der Waals surface area (Å²) in [6.45, 7) is 0. The standard InChI is InChI=1S/C14H12ClFN2OS/c15-11-6-10(2-4-13(11)17)20-7-9-5-8(14(18)19)1-3-12(9)16/h1-6H,7,17H2,(H2,18,19). The van der Waals surface area contributed by atoms with E-state index in [0.717, 1.165) is 4.90 Å². The van der Waals surface area contributed by atoms with Gasteiger partial charge >= 0.3 is 0 Å². The fourth-order valence-electron chi connectivity index (χ4n) is 1.60. The first-order chi connectivity index (χ1) is 9.47. The van der Waals surface area contributed by atoms with Crippen LogP contribution in [0.5, 0.6) is 0 Å². The van der Waals surface area contributed by atoms with E-state index in [1.807, 2.05) is 6.07 Å². The van der Waals surface area contributed by atoms with Crippen molar-refractivity contribution in [3.8, 4) is 0 Å². The molecule has 0 saturated carbocycles. The third-order valence-corrected chi connectivity index (χ3v) is 4.07. The van der Waals surface area contributed by atoms with Crippen LogP contribution >= 0.6 is 23.4 Å². The van der Waals surface area contributed by atoms with Gasteiger partial charge in [0.2, 0.25) is 5.91 Å². The molecule has 3 nitrogen and oxygen atoms in total. The monoisotopic (exact) mass is 310 g/mol. The number of benzene rings is 2. The van der Waals surface area contributed by atoms with E-state index in [4.69, 9.17) is 23.1 Å². The Kier molecular flexibility index (Phi) is 4.52. The van der Waals surface area contributed by atoms with Crippen LogP contribution in [0.3, 0.4) is 0 Å². The molecule has 0 aromatic heterocycles. The van der Waals surface area contributed by atoms with Gasteiger partial charge in [-0.05, 0) is 42.0 Å². The molecule has 2 aromatic carbocycles. The summed E-state index contributed by atoms with van der Waals surface area (Å²) in [5.74, 6) is -0.580. The average Bonchev–Trinajstić information content (AvgIpc) is 2.41. The summed E-state index contributed by atoms with van der Waals surface area (Å²) in [6, 6.07) is 9.29. The average molecular weight is 311 g/mol. The smallest absolute Gasteiger partial charge is 0.248 e. The van der Waals surface area contributed by atoms with Crippen LogP contribution in [0.25, 0.3) is 0 Å². The molecule has 0 bridgehead atoms. The van der Waals surface area contributed by atoms with E-state index in [2.05, 4.69) is 0 Å². The van der Waals surface area contributed by atoms with Crippen molar-refractivity contribution in [3.63, 3.8) is 0 Å². The summed E-state index contributed by atoms with van der Waals surface area (Å²) in [7, 11) is 0. The molecule has 0 aliphatic rings. The third kappa shape index (κ3) is 3.43. The van der Waals surface area contributed by atoms with Gasteiger partial charge in [-0.3, -0.25) is 4.79 Å². The lowest BCUT2D eigenvalue weighted by Gasteiger charge is -2.06. The van der Waals surface area contributed by atoms with E-state index >= 15 is 0 Å². The number of anilines is 1. The Hall–Kier alpha value is -1.72. The molecule has 4 N–H and O–H groups in total. The molecular weight excluding hydrogens is 299 g/mol. The molecule has 0 spiro atoms. The highest BCUT2D eigenvalue weighted by molar-refractivity contribution is 7.98. The van der Waals surface area contributed by atoms with Crippen molar-refractivity contribution in [2.45, 2.75) is 10.6 Å². The summed E-state index contributed by atoms with van der Waals surface area (Å²) >= 11 is 7.32. The maximum atomic E-state index is 13.7. The number of hydrogen-bond acceptors (Lipinski definition) is 3. The molecule has 2 aromatic rings. The number of carbonyl (C=O) groups is 1. The van der Waals surface area contributed by atoms with Gasteiger partial charge in [-0.25, -0.2) is 4.39 Å². The number of carbonyl (C=O) groups excluding carboxylic acids is 1. The predicted octanol–water partition coefficient (Wildman–Crippen LogP) is 3.45. The Morgan fingerprint density at radius 3 is 2.65 bits per heavy atom. The van der Waals surface area contributed by atoms with Crippen LogP contribution in [0.1, 0.15) is 15.9 Å². The lowest BCUT2D eigenvalue weighted by Crippen LogP contribution is -2.11. The first kappa shape index (κ1) is 14.7. The largest absolute Gasteiger partial charge is 0.398 e. The van der Waals surface area contributed by atoms with E-state index in [1.165, 1.54) is 30.0 Å². The molecule has 0 heterocycles. The first-order valence-corrected chi connectivity index (χ1v) is 7.10. The van der Waals surface area contributed by atoms with Gasteiger partial charge in [-0.15, -0.1) is 11.8 Å². The minimum absolute atomic E-state index is 0.289. The summed E-state index contributed by atoms with van der Waals surface area (Å²) in [4.78, 5) is 12.0. The van der Waals surface area contributed by atoms with Crippen LogP contribution in [-0.2, 0) is 5.75 Å². The quantitative estimate of drug-likeness (QED) is 0.671. The molecule has 0 unspecified atom stereocenters. The molecule has 104 valence electrons. The van der Waals surface area contributed by atoms with Crippen LogP contribution in [-0.4, -0.2) is 5.91 Å². The minimum Gasteiger partial charge on any atom is -0.398 e. The van der Waals surface area contributed by atoms with Gasteiger partial charge in [0.1, 0.15) is 5.82 Å². The van der Waals surface area contributed by atoms with Gasteiger partial charge in [-0.2, -0.15) is 0 Å². The second-order valence-electron chi connectivity index (χ2n) is 4.14. The third-order valence-electron chi connectivity index (χ3n) is 2.70. The number of rotatable bonds is 4. The van der Waals surface area contributed by atoms with Gasteiger partial charge in [0.15, 0.2) is 0 Å². The van der Waals surface area contributed by atoms with Crippen molar-refractivity contribution in [2.24, 2.45) is 5.73 Å². The van der Waals surface area contributed by atoms with Crippen molar-refractivity contribution >= 4 is 35.0 Å². The molecule has 0 fully saturated rings. The molecule has 6 heteroatoms. The molecule has 0 saturated heterocycles. The van der Waals surface area contributed by atoms with Crippen LogP contribution in [0.2, 0.25) is 5.02 Å². The highest BCUT2D eigenvalue weighted by Crippen LogP contribution is 2.29. The highest BCUT2D eigenvalue weighted by Gasteiger charge is 2.08. The number of primary amides is 1. The lowest BCUT2D eigenvalue weighted by atomic mass is 10.1. The zero-order valence-corrected chi connectivity index (χ0v) is 12.0. The molecule has 0 aliphatic heterocycles. The van der Waals surface area contributed by atoms with E-state index in [-0.39, 0.29) is 11.4 Å². The predicted molar refractivity (Wildman–Crippen MR) is 80.3 cm³/mol. The number of amides is 1. The van der Waals surface area contributed by atoms with E-state index < -0.39 is 5.91 Å². The van der Waals surface area contributed by atoms with Gasteiger partial charge in [0.05, 0.1) is 10.7 Å². The maximum absolute atomic E-state index is 13.7. The zero-order valence-electron chi connectivity index (χ0n) is 10.4. The maximum Gasteiger partial charge on any atom is 0.248 e. The second kappa shape index (κ2) is 6.15. The van der Waals surface area contributed by atoms with Gasteiger partial charge in [0.25, 0.3) is 0 Å². The van der Waals surface area contributed by atoms with Crippen molar-refractivity contribution in [3.05, 3.63) is 58.4 Å². The molecule has 20 heavy (non-hydrogen) atoms. The van der Waals surface area contributed by atoms with Crippen molar-refractivity contribution in [1.29, 1.82) is 0 Å². The Labute approximate surface area is 125 Å².